The van der Waals surface area contributed by atoms with Crippen LogP contribution in [-0.2, 0) is 9.57 Å². The number of imidazole rings is 1. The third-order valence-electron chi connectivity index (χ3n) is 5.15. The maximum absolute atomic E-state index is 11.4. The lowest BCUT2D eigenvalue weighted by Crippen LogP contribution is -2.44. The Morgan fingerprint density at radius 1 is 1.28 bits per heavy atom. The van der Waals surface area contributed by atoms with Crippen LogP contribution in [0.3, 0.4) is 0 Å². The fourth-order valence-corrected chi connectivity index (χ4v) is 3.87. The molecule has 10 heteroatoms. The fraction of sp³-hybridized carbons (Fsp3) is 0.409. The number of benzene rings is 1. The molecule has 32 heavy (non-hydrogen) atoms. The van der Waals surface area contributed by atoms with Crippen LogP contribution < -0.4 is 10.1 Å². The van der Waals surface area contributed by atoms with Gasteiger partial charge >= 0.3 is 6.16 Å². The van der Waals surface area contributed by atoms with Crippen molar-refractivity contribution in [3.63, 3.8) is 0 Å². The Kier molecular flexibility index (Phi) is 7.56. The number of ether oxygens (including phenoxy) is 2. The monoisotopic (exact) mass is 503 g/mol. The summed E-state index contributed by atoms with van der Waals surface area (Å²) < 4.78 is 11.6. The van der Waals surface area contributed by atoms with Crippen molar-refractivity contribution in [3.8, 4) is 17.1 Å². The lowest BCUT2D eigenvalue weighted by molar-refractivity contribution is -0.139. The van der Waals surface area contributed by atoms with Crippen LogP contribution in [0.15, 0.2) is 41.0 Å². The normalized spacial score (nSPS) is 15.1. The molecule has 2 aromatic heterocycles. The van der Waals surface area contributed by atoms with Crippen LogP contribution in [0.1, 0.15) is 19.8 Å². The van der Waals surface area contributed by atoms with E-state index >= 15 is 0 Å². The number of halogens is 1. The summed E-state index contributed by atoms with van der Waals surface area (Å²) in [6, 6.07) is 10.2. The number of aromatic amines is 1. The predicted molar refractivity (Wildman–Crippen MR) is 123 cm³/mol. The van der Waals surface area contributed by atoms with Crippen LogP contribution in [0.25, 0.3) is 22.6 Å². The second-order valence-electron chi connectivity index (χ2n) is 7.41. The van der Waals surface area contributed by atoms with Crippen LogP contribution in [0.5, 0.6) is 5.75 Å². The zero-order chi connectivity index (χ0) is 22.3. The Bertz CT molecular complexity index is 1030. The Hall–Kier alpha value is -2.69. The Morgan fingerprint density at radius 2 is 2.06 bits per heavy atom. The summed E-state index contributed by atoms with van der Waals surface area (Å²) in [6.07, 6.45) is 2.91. The molecule has 170 valence electrons. The molecule has 9 nitrogen and oxygen atoms in total. The first-order chi connectivity index (χ1) is 15.6. The number of aromatic nitrogens is 3. The predicted octanol–water partition coefficient (Wildman–Crippen LogP) is 3.91. The number of piperidine rings is 1. The van der Waals surface area contributed by atoms with Gasteiger partial charge in [0, 0.05) is 41.9 Å². The van der Waals surface area contributed by atoms with E-state index in [-0.39, 0.29) is 0 Å². The quantitative estimate of drug-likeness (QED) is 0.352. The van der Waals surface area contributed by atoms with Gasteiger partial charge in [-0.25, -0.2) is 14.8 Å². The number of nitrogens with zero attached hydrogens (tertiary/aromatic N) is 3. The number of nitrogens with one attached hydrogen (secondary N) is 2. The topological polar surface area (TPSA) is 102 Å². The van der Waals surface area contributed by atoms with Crippen molar-refractivity contribution in [2.45, 2.75) is 25.8 Å². The van der Waals surface area contributed by atoms with Crippen molar-refractivity contribution in [2.75, 3.05) is 32.8 Å². The molecule has 2 N–H and O–H groups in total. The molecule has 1 aliphatic heterocycles. The second kappa shape index (κ2) is 10.8. The van der Waals surface area contributed by atoms with E-state index in [0.29, 0.717) is 32.3 Å². The molecule has 0 amide bonds. The average Bonchev–Trinajstić information content (AvgIpc) is 3.21. The van der Waals surface area contributed by atoms with Gasteiger partial charge in [0.05, 0.1) is 6.61 Å². The van der Waals surface area contributed by atoms with Gasteiger partial charge in [0.1, 0.15) is 23.7 Å². The van der Waals surface area contributed by atoms with Crippen molar-refractivity contribution in [1.82, 2.24) is 25.3 Å². The van der Waals surface area contributed by atoms with Gasteiger partial charge in [-0.1, -0.05) is 0 Å². The highest BCUT2D eigenvalue weighted by Gasteiger charge is 2.22. The van der Waals surface area contributed by atoms with Crippen molar-refractivity contribution in [3.05, 3.63) is 41.0 Å². The summed E-state index contributed by atoms with van der Waals surface area (Å²) in [4.78, 5) is 28.7. The Labute approximate surface area is 194 Å². The highest BCUT2D eigenvalue weighted by molar-refractivity contribution is 9.10. The number of hydrogen-bond donors (Lipinski definition) is 2. The molecule has 3 heterocycles. The third kappa shape index (κ3) is 5.96. The van der Waals surface area contributed by atoms with Gasteiger partial charge in [-0.05, 0) is 66.0 Å². The minimum Gasteiger partial charge on any atom is -0.492 e. The molecule has 0 radical (unpaired) electrons. The zero-order valence-corrected chi connectivity index (χ0v) is 19.4. The van der Waals surface area contributed by atoms with Gasteiger partial charge in [0.2, 0.25) is 0 Å². The van der Waals surface area contributed by atoms with Gasteiger partial charge in [-0.3, -0.25) is 0 Å². The van der Waals surface area contributed by atoms with E-state index in [0.717, 1.165) is 52.2 Å². The number of H-pyrrole nitrogens is 1. The molecule has 0 spiro atoms. The molecule has 0 aliphatic carbocycles. The molecule has 4 rings (SSSR count). The number of fused-ring (bicyclic) bond motifs is 1. The molecule has 1 aromatic carbocycles. The minimum atomic E-state index is -0.636. The lowest BCUT2D eigenvalue weighted by Gasteiger charge is -2.30. The van der Waals surface area contributed by atoms with Gasteiger partial charge in [-0.15, -0.1) is 5.06 Å². The van der Waals surface area contributed by atoms with Crippen LogP contribution >= 0.6 is 15.9 Å². The summed E-state index contributed by atoms with van der Waals surface area (Å²) in [5.74, 6) is 1.59. The van der Waals surface area contributed by atoms with E-state index in [2.05, 4.69) is 36.2 Å². The number of rotatable bonds is 8. The molecule has 0 bridgehead atoms. The van der Waals surface area contributed by atoms with Gasteiger partial charge < -0.3 is 24.6 Å². The maximum Gasteiger partial charge on any atom is 0.527 e. The van der Waals surface area contributed by atoms with Crippen molar-refractivity contribution < 1.29 is 19.1 Å². The van der Waals surface area contributed by atoms with Crippen LogP contribution in [0.2, 0.25) is 0 Å². The van der Waals surface area contributed by atoms with Gasteiger partial charge in [0.25, 0.3) is 0 Å². The first-order valence-corrected chi connectivity index (χ1v) is 11.5. The molecule has 1 fully saturated rings. The van der Waals surface area contributed by atoms with E-state index in [1.807, 2.05) is 30.3 Å². The maximum atomic E-state index is 11.4. The number of pyridine rings is 1. The van der Waals surface area contributed by atoms with Gasteiger partial charge in [-0.2, -0.15) is 0 Å². The molecular formula is C22H26BrN5O4. The number of carbonyl (C=O) groups is 1. The summed E-state index contributed by atoms with van der Waals surface area (Å²) in [7, 11) is 0. The first kappa shape index (κ1) is 22.5. The van der Waals surface area contributed by atoms with Crippen molar-refractivity contribution in [2.24, 2.45) is 0 Å². The summed E-state index contributed by atoms with van der Waals surface area (Å²) in [5.41, 5.74) is 2.55. The van der Waals surface area contributed by atoms with E-state index in [1.54, 1.807) is 18.2 Å². The standard InChI is InChI=1S/C22H26BrN5O4/c1-2-30-22(29)32-28-10-7-17(8-11-28)24-9-12-31-18-5-3-15(4-6-18)20-26-19-13-16(23)14-25-21(19)27-20/h3-6,13-14,17,24H,2,7-12H2,1H3,(H,25,26,27). The minimum absolute atomic E-state index is 0.315. The highest BCUT2D eigenvalue weighted by Crippen LogP contribution is 2.23. The molecule has 1 aliphatic rings. The molecule has 1 saturated heterocycles. The smallest absolute Gasteiger partial charge is 0.492 e. The van der Waals surface area contributed by atoms with E-state index in [9.17, 15) is 4.79 Å². The van der Waals surface area contributed by atoms with E-state index < -0.39 is 6.16 Å². The summed E-state index contributed by atoms with van der Waals surface area (Å²) in [5, 5.41) is 5.16. The highest BCUT2D eigenvalue weighted by atomic mass is 79.9. The first-order valence-electron chi connectivity index (χ1n) is 10.7. The summed E-state index contributed by atoms with van der Waals surface area (Å²) in [6.45, 7) is 4.76. The zero-order valence-electron chi connectivity index (χ0n) is 17.8. The second-order valence-corrected chi connectivity index (χ2v) is 8.33. The fourth-order valence-electron chi connectivity index (χ4n) is 3.55. The molecule has 0 saturated carbocycles. The summed E-state index contributed by atoms with van der Waals surface area (Å²) >= 11 is 3.42. The Morgan fingerprint density at radius 3 is 2.81 bits per heavy atom. The largest absolute Gasteiger partial charge is 0.527 e. The molecule has 0 unspecified atom stereocenters. The van der Waals surface area contributed by atoms with Crippen LogP contribution in [0.4, 0.5) is 4.79 Å². The molecular weight excluding hydrogens is 478 g/mol. The van der Waals surface area contributed by atoms with Crippen LogP contribution in [0, 0.1) is 0 Å². The molecule has 3 aromatic rings. The van der Waals surface area contributed by atoms with E-state index in [4.69, 9.17) is 14.3 Å². The SMILES string of the molecule is CCOC(=O)ON1CCC(NCCOc2ccc(-c3nc4cc(Br)cnc4[nH]3)cc2)CC1. The number of hydrogen-bond acceptors (Lipinski definition) is 8. The Balaban J connectivity index is 1.18. The van der Waals surface area contributed by atoms with Crippen LogP contribution in [-0.4, -0.2) is 65.1 Å². The molecule has 0 atom stereocenters. The third-order valence-corrected chi connectivity index (χ3v) is 5.59. The lowest BCUT2D eigenvalue weighted by atomic mass is 10.1. The van der Waals surface area contributed by atoms with Crippen molar-refractivity contribution >= 4 is 33.2 Å². The van der Waals surface area contributed by atoms with Crippen molar-refractivity contribution in [1.29, 1.82) is 0 Å². The number of carbonyl (C=O) groups excluding carboxylic acids is 1. The van der Waals surface area contributed by atoms with Gasteiger partial charge in [0.15, 0.2) is 5.65 Å². The number of hydroxylamine groups is 2. The average molecular weight is 504 g/mol. The van der Waals surface area contributed by atoms with E-state index in [1.165, 1.54) is 0 Å².